The molecule has 1 aromatic carbocycles. The van der Waals surface area contributed by atoms with Crippen LogP contribution in [0.2, 0.25) is 0 Å². The zero-order chi connectivity index (χ0) is 14.0. The SMILES string of the molecule is CNCc1oc2ccc(C(C)C)cc2c1CC(C)C. The molecule has 0 saturated heterocycles. The predicted molar refractivity (Wildman–Crippen MR) is 81.6 cm³/mol. The number of nitrogens with one attached hydrogen (secondary N) is 1. The van der Waals surface area contributed by atoms with Gasteiger partial charge in [-0.2, -0.15) is 0 Å². The Morgan fingerprint density at radius 1 is 1.16 bits per heavy atom. The molecule has 0 bridgehead atoms. The lowest BCUT2D eigenvalue weighted by Crippen LogP contribution is -2.07. The number of hydrogen-bond acceptors (Lipinski definition) is 2. The van der Waals surface area contributed by atoms with E-state index in [1.54, 1.807) is 0 Å². The first-order chi connectivity index (χ1) is 9.02. The molecule has 0 aliphatic carbocycles. The van der Waals surface area contributed by atoms with E-state index >= 15 is 0 Å². The topological polar surface area (TPSA) is 25.2 Å². The van der Waals surface area contributed by atoms with E-state index in [1.807, 2.05) is 7.05 Å². The van der Waals surface area contributed by atoms with Crippen LogP contribution in [0.25, 0.3) is 11.0 Å². The normalized spacial score (nSPS) is 11.9. The molecular weight excluding hydrogens is 234 g/mol. The molecule has 2 aromatic rings. The van der Waals surface area contributed by atoms with Gasteiger partial charge in [0, 0.05) is 10.9 Å². The van der Waals surface area contributed by atoms with Crippen molar-refractivity contribution in [2.24, 2.45) is 5.92 Å². The molecule has 2 heteroatoms. The highest BCUT2D eigenvalue weighted by Crippen LogP contribution is 2.30. The van der Waals surface area contributed by atoms with Crippen LogP contribution >= 0.6 is 0 Å². The number of furan rings is 1. The first kappa shape index (κ1) is 14.1. The lowest BCUT2D eigenvalue weighted by atomic mass is 9.96. The van der Waals surface area contributed by atoms with Crippen molar-refractivity contribution >= 4 is 11.0 Å². The summed E-state index contributed by atoms with van der Waals surface area (Å²) in [5.41, 5.74) is 3.78. The van der Waals surface area contributed by atoms with Gasteiger partial charge in [0.25, 0.3) is 0 Å². The highest BCUT2D eigenvalue weighted by Gasteiger charge is 2.15. The molecule has 0 unspecified atom stereocenters. The monoisotopic (exact) mass is 259 g/mol. The van der Waals surface area contributed by atoms with Crippen LogP contribution < -0.4 is 5.32 Å². The molecule has 0 aliphatic rings. The maximum absolute atomic E-state index is 6.01. The van der Waals surface area contributed by atoms with Crippen LogP contribution in [0.15, 0.2) is 22.6 Å². The van der Waals surface area contributed by atoms with Gasteiger partial charge >= 0.3 is 0 Å². The van der Waals surface area contributed by atoms with Crippen molar-refractivity contribution in [2.45, 2.75) is 46.6 Å². The third-order valence-electron chi connectivity index (χ3n) is 3.51. The smallest absolute Gasteiger partial charge is 0.134 e. The maximum atomic E-state index is 6.01. The molecule has 0 fully saturated rings. The van der Waals surface area contributed by atoms with Crippen LogP contribution in [0, 0.1) is 5.92 Å². The zero-order valence-electron chi connectivity index (χ0n) is 12.7. The Hall–Kier alpha value is -1.28. The second kappa shape index (κ2) is 5.79. The Balaban J connectivity index is 2.55. The second-order valence-electron chi connectivity index (χ2n) is 6.04. The zero-order valence-corrected chi connectivity index (χ0v) is 12.7. The quantitative estimate of drug-likeness (QED) is 0.856. The van der Waals surface area contributed by atoms with E-state index in [9.17, 15) is 0 Å². The Kier molecular flexibility index (Phi) is 4.31. The Morgan fingerprint density at radius 2 is 1.89 bits per heavy atom. The minimum absolute atomic E-state index is 0.555. The molecule has 2 nitrogen and oxygen atoms in total. The van der Waals surface area contributed by atoms with Gasteiger partial charge in [-0.15, -0.1) is 0 Å². The van der Waals surface area contributed by atoms with Crippen molar-refractivity contribution in [3.05, 3.63) is 35.1 Å². The van der Waals surface area contributed by atoms with E-state index in [0.29, 0.717) is 11.8 Å². The molecule has 0 saturated carbocycles. The van der Waals surface area contributed by atoms with Gasteiger partial charge in [-0.3, -0.25) is 0 Å². The van der Waals surface area contributed by atoms with Crippen molar-refractivity contribution in [3.63, 3.8) is 0 Å². The van der Waals surface area contributed by atoms with Gasteiger partial charge in [-0.05, 0) is 43.0 Å². The third-order valence-corrected chi connectivity index (χ3v) is 3.51. The van der Waals surface area contributed by atoms with E-state index in [-0.39, 0.29) is 0 Å². The number of fused-ring (bicyclic) bond motifs is 1. The lowest BCUT2D eigenvalue weighted by molar-refractivity contribution is 0.516. The van der Waals surface area contributed by atoms with E-state index in [1.165, 1.54) is 16.5 Å². The molecule has 104 valence electrons. The predicted octanol–water partition coefficient (Wildman–Crippen LogP) is 4.47. The lowest BCUT2D eigenvalue weighted by Gasteiger charge is -2.07. The highest BCUT2D eigenvalue weighted by molar-refractivity contribution is 5.83. The van der Waals surface area contributed by atoms with E-state index in [4.69, 9.17) is 4.42 Å². The van der Waals surface area contributed by atoms with Gasteiger partial charge in [0.2, 0.25) is 0 Å². The average molecular weight is 259 g/mol. The fourth-order valence-electron chi connectivity index (χ4n) is 2.51. The van der Waals surface area contributed by atoms with Crippen LogP contribution in [0.5, 0.6) is 0 Å². The minimum Gasteiger partial charge on any atom is -0.459 e. The molecule has 0 radical (unpaired) electrons. The van der Waals surface area contributed by atoms with E-state index in [2.05, 4.69) is 51.2 Å². The molecule has 19 heavy (non-hydrogen) atoms. The summed E-state index contributed by atoms with van der Waals surface area (Å²) in [6.45, 7) is 9.78. The summed E-state index contributed by atoms with van der Waals surface area (Å²) in [5.74, 6) is 2.28. The summed E-state index contributed by atoms with van der Waals surface area (Å²) in [7, 11) is 1.96. The Bertz CT molecular complexity index is 552. The summed E-state index contributed by atoms with van der Waals surface area (Å²) in [6.07, 6.45) is 1.07. The summed E-state index contributed by atoms with van der Waals surface area (Å²) in [5, 5.41) is 4.50. The van der Waals surface area contributed by atoms with Gasteiger partial charge in [0.15, 0.2) is 0 Å². The van der Waals surface area contributed by atoms with Crippen molar-refractivity contribution in [1.29, 1.82) is 0 Å². The third kappa shape index (κ3) is 3.01. The molecule has 0 spiro atoms. The Morgan fingerprint density at radius 3 is 2.47 bits per heavy atom. The number of benzene rings is 1. The first-order valence-electron chi connectivity index (χ1n) is 7.21. The van der Waals surface area contributed by atoms with Crippen LogP contribution in [-0.2, 0) is 13.0 Å². The van der Waals surface area contributed by atoms with Crippen LogP contribution in [-0.4, -0.2) is 7.05 Å². The van der Waals surface area contributed by atoms with Crippen LogP contribution in [0.4, 0.5) is 0 Å². The molecular formula is C17H25NO. The standard InChI is InChI=1S/C17H25NO/c1-11(2)8-14-15-9-13(12(3)4)6-7-16(15)19-17(14)10-18-5/h6-7,9,11-12,18H,8,10H2,1-5H3. The molecule has 1 aromatic heterocycles. The summed E-state index contributed by atoms with van der Waals surface area (Å²) >= 11 is 0. The fourth-order valence-corrected chi connectivity index (χ4v) is 2.51. The van der Waals surface area contributed by atoms with Gasteiger partial charge in [0.05, 0.1) is 6.54 Å². The molecule has 0 aliphatic heterocycles. The maximum Gasteiger partial charge on any atom is 0.134 e. The number of hydrogen-bond donors (Lipinski definition) is 1. The first-order valence-corrected chi connectivity index (χ1v) is 7.21. The van der Waals surface area contributed by atoms with Crippen LogP contribution in [0.1, 0.15) is 50.5 Å². The largest absolute Gasteiger partial charge is 0.459 e. The van der Waals surface area contributed by atoms with Crippen molar-refractivity contribution in [3.8, 4) is 0 Å². The van der Waals surface area contributed by atoms with Gasteiger partial charge in [0.1, 0.15) is 11.3 Å². The van der Waals surface area contributed by atoms with Gasteiger partial charge < -0.3 is 9.73 Å². The van der Waals surface area contributed by atoms with Crippen molar-refractivity contribution < 1.29 is 4.42 Å². The molecule has 0 amide bonds. The van der Waals surface area contributed by atoms with Crippen LogP contribution in [0.3, 0.4) is 0 Å². The van der Waals surface area contributed by atoms with E-state index in [0.717, 1.165) is 24.3 Å². The average Bonchev–Trinajstić information content (AvgIpc) is 2.67. The highest BCUT2D eigenvalue weighted by atomic mass is 16.3. The number of rotatable bonds is 5. The molecule has 1 heterocycles. The summed E-state index contributed by atoms with van der Waals surface area (Å²) < 4.78 is 6.01. The molecule has 1 N–H and O–H groups in total. The van der Waals surface area contributed by atoms with E-state index < -0.39 is 0 Å². The van der Waals surface area contributed by atoms with Crippen molar-refractivity contribution in [1.82, 2.24) is 5.32 Å². The molecule has 0 atom stereocenters. The Labute approximate surface area is 116 Å². The van der Waals surface area contributed by atoms with Gasteiger partial charge in [-0.1, -0.05) is 33.8 Å². The molecule has 2 rings (SSSR count). The summed E-state index contributed by atoms with van der Waals surface area (Å²) in [4.78, 5) is 0. The van der Waals surface area contributed by atoms with Crippen molar-refractivity contribution in [2.75, 3.05) is 7.05 Å². The second-order valence-corrected chi connectivity index (χ2v) is 6.04. The summed E-state index contributed by atoms with van der Waals surface area (Å²) in [6, 6.07) is 6.60. The van der Waals surface area contributed by atoms with Gasteiger partial charge in [-0.25, -0.2) is 0 Å². The fraction of sp³-hybridized carbons (Fsp3) is 0.529. The minimum atomic E-state index is 0.555.